The highest BCUT2D eigenvalue weighted by atomic mass is 35.5. The van der Waals surface area contributed by atoms with Crippen molar-refractivity contribution in [3.8, 4) is 0 Å². The lowest BCUT2D eigenvalue weighted by molar-refractivity contribution is -0.119. The lowest BCUT2D eigenvalue weighted by atomic mass is 10.2. The van der Waals surface area contributed by atoms with Crippen molar-refractivity contribution < 1.29 is 9.59 Å². The number of hydrogen-bond acceptors (Lipinski definition) is 3. The predicted octanol–water partition coefficient (Wildman–Crippen LogP) is 5.45. The molecule has 2 rings (SSSR count). The Kier molecular flexibility index (Phi) is 8.01. The summed E-state index contributed by atoms with van der Waals surface area (Å²) < 4.78 is 0. The van der Waals surface area contributed by atoms with Crippen LogP contribution in [0.2, 0.25) is 5.02 Å². The van der Waals surface area contributed by atoms with Crippen LogP contribution < -0.4 is 10.6 Å². The molecule has 6 heteroatoms. The number of thioether (sulfide) groups is 1. The van der Waals surface area contributed by atoms with E-state index in [2.05, 4.69) is 10.6 Å². The minimum Gasteiger partial charge on any atom is -0.326 e. The van der Waals surface area contributed by atoms with Crippen molar-refractivity contribution in [3.63, 3.8) is 0 Å². The number of hydrogen-bond donors (Lipinski definition) is 2. The second kappa shape index (κ2) is 10.2. The van der Waals surface area contributed by atoms with E-state index in [0.29, 0.717) is 6.42 Å². The first-order valence-electron chi connectivity index (χ1n) is 8.53. The molecule has 2 aromatic carbocycles. The minimum absolute atomic E-state index is 0.0133. The van der Waals surface area contributed by atoms with Crippen LogP contribution in [0.1, 0.15) is 26.7 Å². The molecule has 0 fully saturated rings. The molecule has 0 aliphatic rings. The summed E-state index contributed by atoms with van der Waals surface area (Å²) >= 11 is 7.57. The Morgan fingerprint density at radius 1 is 0.962 bits per heavy atom. The van der Waals surface area contributed by atoms with Gasteiger partial charge in [0.2, 0.25) is 11.8 Å². The molecular formula is C20H23ClN2O2S. The van der Waals surface area contributed by atoms with Gasteiger partial charge in [-0.1, -0.05) is 25.4 Å². The van der Waals surface area contributed by atoms with Gasteiger partial charge in [-0.15, -0.1) is 11.8 Å². The molecule has 0 bridgehead atoms. The zero-order chi connectivity index (χ0) is 18.9. The molecule has 4 nitrogen and oxygen atoms in total. The van der Waals surface area contributed by atoms with Crippen molar-refractivity contribution in [2.24, 2.45) is 5.92 Å². The quantitative estimate of drug-likeness (QED) is 0.465. The smallest absolute Gasteiger partial charge is 0.226 e. The van der Waals surface area contributed by atoms with E-state index in [1.165, 1.54) is 0 Å². The van der Waals surface area contributed by atoms with Crippen LogP contribution in [0.4, 0.5) is 11.4 Å². The van der Waals surface area contributed by atoms with Gasteiger partial charge in [-0.2, -0.15) is 0 Å². The normalized spacial score (nSPS) is 10.6. The summed E-state index contributed by atoms with van der Waals surface area (Å²) in [5, 5.41) is 6.42. The Balaban J connectivity index is 1.70. The Bertz CT molecular complexity index is 730. The molecule has 0 saturated carbocycles. The Morgan fingerprint density at radius 3 is 2.12 bits per heavy atom. The monoisotopic (exact) mass is 390 g/mol. The van der Waals surface area contributed by atoms with Crippen LogP contribution in [0.25, 0.3) is 0 Å². The topological polar surface area (TPSA) is 58.2 Å². The highest BCUT2D eigenvalue weighted by Crippen LogP contribution is 2.21. The van der Waals surface area contributed by atoms with Gasteiger partial charge in [0.05, 0.1) is 0 Å². The van der Waals surface area contributed by atoms with E-state index >= 15 is 0 Å². The van der Waals surface area contributed by atoms with Gasteiger partial charge in [-0.3, -0.25) is 9.59 Å². The van der Waals surface area contributed by atoms with Crippen LogP contribution in [0.5, 0.6) is 0 Å². The molecule has 0 saturated heterocycles. The molecule has 26 heavy (non-hydrogen) atoms. The van der Waals surface area contributed by atoms with Crippen molar-refractivity contribution in [1.29, 1.82) is 0 Å². The van der Waals surface area contributed by atoms with Gasteiger partial charge in [0.1, 0.15) is 0 Å². The van der Waals surface area contributed by atoms with Crippen molar-refractivity contribution in [2.45, 2.75) is 31.6 Å². The first-order chi connectivity index (χ1) is 12.4. The molecule has 0 aliphatic heterocycles. The van der Waals surface area contributed by atoms with Gasteiger partial charge < -0.3 is 10.6 Å². The summed E-state index contributed by atoms with van der Waals surface area (Å²) in [6, 6.07) is 14.8. The van der Waals surface area contributed by atoms with Gasteiger partial charge in [-0.05, 0) is 60.7 Å². The molecule has 2 amide bonds. The van der Waals surface area contributed by atoms with Gasteiger partial charge in [0, 0.05) is 33.6 Å². The van der Waals surface area contributed by atoms with Crippen molar-refractivity contribution >= 4 is 46.6 Å². The Hall–Kier alpha value is -1.98. The second-order valence-electron chi connectivity index (χ2n) is 6.18. The first-order valence-corrected chi connectivity index (χ1v) is 9.89. The number of nitrogens with one attached hydrogen (secondary N) is 2. The van der Waals surface area contributed by atoms with Crippen LogP contribution in [-0.2, 0) is 9.59 Å². The number of halogens is 1. The second-order valence-corrected chi connectivity index (χ2v) is 7.78. The first kappa shape index (κ1) is 20.3. The summed E-state index contributed by atoms with van der Waals surface area (Å²) in [6.07, 6.45) is 1.26. The third-order valence-corrected chi connectivity index (χ3v) is 4.94. The van der Waals surface area contributed by atoms with Gasteiger partial charge in [-0.25, -0.2) is 0 Å². The number of rotatable bonds is 8. The van der Waals surface area contributed by atoms with Crippen LogP contribution in [0, 0.1) is 5.92 Å². The molecule has 0 radical (unpaired) electrons. The minimum atomic E-state index is -0.0693. The molecule has 0 spiro atoms. The number of benzene rings is 2. The van der Waals surface area contributed by atoms with Crippen LogP contribution in [-0.4, -0.2) is 17.6 Å². The Morgan fingerprint density at radius 2 is 1.54 bits per heavy atom. The van der Waals surface area contributed by atoms with E-state index in [9.17, 15) is 9.59 Å². The summed E-state index contributed by atoms with van der Waals surface area (Å²) in [4.78, 5) is 24.8. The molecule has 0 atom stereocenters. The van der Waals surface area contributed by atoms with E-state index in [1.54, 1.807) is 36.0 Å². The van der Waals surface area contributed by atoms with E-state index in [-0.39, 0.29) is 17.7 Å². The third-order valence-electron chi connectivity index (χ3n) is 3.59. The largest absolute Gasteiger partial charge is 0.326 e. The predicted molar refractivity (Wildman–Crippen MR) is 110 cm³/mol. The highest BCUT2D eigenvalue weighted by molar-refractivity contribution is 7.99. The lowest BCUT2D eigenvalue weighted by Crippen LogP contribution is -2.17. The van der Waals surface area contributed by atoms with Gasteiger partial charge >= 0.3 is 0 Å². The molecule has 0 unspecified atom stereocenters. The fourth-order valence-corrected chi connectivity index (χ4v) is 3.08. The van der Waals surface area contributed by atoms with Crippen molar-refractivity contribution in [1.82, 2.24) is 0 Å². The molecule has 138 valence electrons. The standard InChI is InChI=1S/C20H23ClN2O2S/c1-14(2)20(25)23-17-9-7-16(8-10-17)22-19(24)4-3-13-26-18-11-5-15(21)6-12-18/h5-12,14H,3-4,13H2,1-2H3,(H,22,24)(H,23,25). The van der Waals surface area contributed by atoms with E-state index in [1.807, 2.05) is 38.1 Å². The summed E-state index contributed by atoms with van der Waals surface area (Å²) in [7, 11) is 0. The molecule has 0 heterocycles. The van der Waals surface area contributed by atoms with E-state index in [0.717, 1.165) is 33.5 Å². The molecule has 2 aromatic rings. The summed E-state index contributed by atoms with van der Waals surface area (Å²) in [5.74, 6) is 0.760. The number of carbonyl (C=O) groups is 2. The SMILES string of the molecule is CC(C)C(=O)Nc1ccc(NC(=O)CCCSc2ccc(Cl)cc2)cc1. The van der Waals surface area contributed by atoms with Crippen molar-refractivity contribution in [2.75, 3.05) is 16.4 Å². The van der Waals surface area contributed by atoms with Gasteiger partial charge in [0.25, 0.3) is 0 Å². The van der Waals surface area contributed by atoms with E-state index in [4.69, 9.17) is 11.6 Å². The van der Waals surface area contributed by atoms with Crippen LogP contribution in [0.15, 0.2) is 53.4 Å². The number of anilines is 2. The average Bonchev–Trinajstić information content (AvgIpc) is 2.62. The van der Waals surface area contributed by atoms with Gasteiger partial charge in [0.15, 0.2) is 0 Å². The number of amides is 2. The summed E-state index contributed by atoms with van der Waals surface area (Å²) in [6.45, 7) is 3.68. The molecular weight excluding hydrogens is 368 g/mol. The number of carbonyl (C=O) groups excluding carboxylic acids is 2. The highest BCUT2D eigenvalue weighted by Gasteiger charge is 2.07. The molecule has 0 aliphatic carbocycles. The van der Waals surface area contributed by atoms with Crippen LogP contribution in [0.3, 0.4) is 0 Å². The van der Waals surface area contributed by atoms with Crippen LogP contribution >= 0.6 is 23.4 Å². The maximum absolute atomic E-state index is 12.0. The zero-order valence-corrected chi connectivity index (χ0v) is 16.5. The maximum atomic E-state index is 12.0. The average molecular weight is 391 g/mol. The van der Waals surface area contributed by atoms with Crippen molar-refractivity contribution in [3.05, 3.63) is 53.6 Å². The molecule has 2 N–H and O–H groups in total. The fraction of sp³-hybridized carbons (Fsp3) is 0.300. The fourth-order valence-electron chi connectivity index (χ4n) is 2.10. The third kappa shape index (κ3) is 7.10. The molecule has 0 aromatic heterocycles. The zero-order valence-electron chi connectivity index (χ0n) is 14.9. The Labute approximate surface area is 163 Å². The van der Waals surface area contributed by atoms with E-state index < -0.39 is 0 Å². The maximum Gasteiger partial charge on any atom is 0.226 e. The summed E-state index contributed by atoms with van der Waals surface area (Å²) in [5.41, 5.74) is 1.45. The lowest BCUT2D eigenvalue weighted by Gasteiger charge is -2.09.